The van der Waals surface area contributed by atoms with Gasteiger partial charge in [-0.15, -0.1) is 11.3 Å². The number of nitrogens with zero attached hydrogens (tertiary/aromatic N) is 2. The maximum atomic E-state index is 10.8. The number of hydrogen-bond donors (Lipinski definition) is 0. The van der Waals surface area contributed by atoms with Gasteiger partial charge in [0.15, 0.2) is 0 Å². The van der Waals surface area contributed by atoms with Crippen molar-refractivity contribution in [2.75, 3.05) is 6.61 Å². The van der Waals surface area contributed by atoms with Gasteiger partial charge in [-0.2, -0.15) is 0 Å². The quantitative estimate of drug-likeness (QED) is 0.363. The molecule has 6 heteroatoms. The molecule has 2 aromatic carbocycles. The Bertz CT molecular complexity index is 914. The second-order valence-electron chi connectivity index (χ2n) is 4.96. The van der Waals surface area contributed by atoms with Crippen LogP contribution in [0.1, 0.15) is 10.6 Å². The largest absolute Gasteiger partial charge is 0.490 e. The van der Waals surface area contributed by atoms with Crippen LogP contribution in [0.5, 0.6) is 5.75 Å². The average molecular weight is 338 g/mol. The van der Waals surface area contributed by atoms with Gasteiger partial charge >= 0.3 is 0 Å². The minimum atomic E-state index is -0.412. The highest BCUT2D eigenvalue weighted by Gasteiger charge is 2.09. The molecule has 0 amide bonds. The lowest BCUT2D eigenvalue weighted by Gasteiger charge is -2.02. The van der Waals surface area contributed by atoms with Crippen molar-refractivity contribution < 1.29 is 9.66 Å². The van der Waals surface area contributed by atoms with Gasteiger partial charge in [0.1, 0.15) is 17.4 Å². The summed E-state index contributed by atoms with van der Waals surface area (Å²) < 4.78 is 6.36. The van der Waals surface area contributed by atoms with Crippen LogP contribution in [0.25, 0.3) is 22.4 Å². The van der Waals surface area contributed by atoms with Gasteiger partial charge in [0.25, 0.3) is 5.69 Å². The molecule has 0 saturated heterocycles. The Morgan fingerprint density at radius 2 is 2.00 bits per heavy atom. The predicted octanol–water partition coefficient (Wildman–Crippen LogP) is 4.94. The van der Waals surface area contributed by atoms with Gasteiger partial charge in [0.2, 0.25) is 0 Å². The minimum Gasteiger partial charge on any atom is -0.490 e. The van der Waals surface area contributed by atoms with Gasteiger partial charge in [-0.3, -0.25) is 10.1 Å². The standard InChI is InChI=1S/C18H14N2O3S/c1-2-11-23-15-7-3-13(4-8-15)5-10-18-19-16-12-14(20(21)22)6-9-17(16)24-18/h2-10,12H,1,11H2/b10-5+. The fraction of sp³-hybridized carbons (Fsp3) is 0.0556. The molecule has 0 aliphatic rings. The maximum Gasteiger partial charge on any atom is 0.271 e. The monoisotopic (exact) mass is 338 g/mol. The summed E-state index contributed by atoms with van der Waals surface area (Å²) in [4.78, 5) is 14.8. The van der Waals surface area contributed by atoms with Crippen LogP contribution >= 0.6 is 11.3 Å². The van der Waals surface area contributed by atoms with Crippen molar-refractivity contribution in [3.05, 3.63) is 75.8 Å². The van der Waals surface area contributed by atoms with Gasteiger partial charge in [0.05, 0.1) is 15.1 Å². The lowest BCUT2D eigenvalue weighted by Crippen LogP contribution is -1.91. The van der Waals surface area contributed by atoms with E-state index >= 15 is 0 Å². The second kappa shape index (κ2) is 7.06. The summed E-state index contributed by atoms with van der Waals surface area (Å²) in [5.41, 5.74) is 1.71. The topological polar surface area (TPSA) is 65.3 Å². The first-order valence-corrected chi connectivity index (χ1v) is 8.04. The molecule has 0 aliphatic carbocycles. The van der Waals surface area contributed by atoms with Crippen LogP contribution in [0.2, 0.25) is 0 Å². The van der Waals surface area contributed by atoms with E-state index in [-0.39, 0.29) is 5.69 Å². The number of ether oxygens (including phenoxy) is 1. The maximum absolute atomic E-state index is 10.8. The van der Waals surface area contributed by atoms with E-state index in [0.717, 1.165) is 21.0 Å². The van der Waals surface area contributed by atoms with Gasteiger partial charge in [0, 0.05) is 12.1 Å². The number of rotatable bonds is 6. The van der Waals surface area contributed by atoms with Crippen LogP contribution in [0, 0.1) is 10.1 Å². The van der Waals surface area contributed by atoms with E-state index in [1.807, 2.05) is 36.4 Å². The van der Waals surface area contributed by atoms with Crippen LogP contribution in [-0.2, 0) is 0 Å². The van der Waals surface area contributed by atoms with Crippen LogP contribution in [0.3, 0.4) is 0 Å². The molecule has 0 bridgehead atoms. The number of aromatic nitrogens is 1. The molecule has 0 fully saturated rings. The molecule has 120 valence electrons. The highest BCUT2D eigenvalue weighted by atomic mass is 32.1. The van der Waals surface area contributed by atoms with Crippen molar-refractivity contribution in [1.29, 1.82) is 0 Å². The van der Waals surface area contributed by atoms with Crippen molar-refractivity contribution in [2.45, 2.75) is 0 Å². The van der Waals surface area contributed by atoms with Crippen LogP contribution in [0.15, 0.2) is 55.1 Å². The fourth-order valence-electron chi connectivity index (χ4n) is 2.12. The molecule has 0 spiro atoms. The summed E-state index contributed by atoms with van der Waals surface area (Å²) in [7, 11) is 0. The van der Waals surface area contributed by atoms with E-state index in [0.29, 0.717) is 12.1 Å². The first kappa shape index (κ1) is 15.9. The number of hydrogen-bond acceptors (Lipinski definition) is 5. The van der Waals surface area contributed by atoms with Crippen molar-refractivity contribution in [3.8, 4) is 5.75 Å². The molecule has 0 aliphatic heterocycles. The third-order valence-corrected chi connectivity index (χ3v) is 4.27. The van der Waals surface area contributed by atoms with Crippen molar-refractivity contribution in [3.63, 3.8) is 0 Å². The Hall–Kier alpha value is -2.99. The van der Waals surface area contributed by atoms with E-state index < -0.39 is 4.92 Å². The summed E-state index contributed by atoms with van der Waals surface area (Å²) >= 11 is 1.49. The van der Waals surface area contributed by atoms with Crippen molar-refractivity contribution in [1.82, 2.24) is 4.98 Å². The summed E-state index contributed by atoms with van der Waals surface area (Å²) in [6, 6.07) is 12.4. The van der Waals surface area contributed by atoms with E-state index in [2.05, 4.69) is 11.6 Å². The zero-order valence-corrected chi connectivity index (χ0v) is 13.5. The smallest absolute Gasteiger partial charge is 0.271 e. The van der Waals surface area contributed by atoms with Crippen molar-refractivity contribution in [2.24, 2.45) is 0 Å². The number of non-ortho nitro benzene ring substituents is 1. The molecular formula is C18H14N2O3S. The summed E-state index contributed by atoms with van der Waals surface area (Å²) in [5, 5.41) is 11.6. The Morgan fingerprint density at radius 1 is 1.21 bits per heavy atom. The number of thiazole rings is 1. The second-order valence-corrected chi connectivity index (χ2v) is 6.03. The number of nitro benzene ring substituents is 1. The first-order chi connectivity index (χ1) is 11.7. The minimum absolute atomic E-state index is 0.0541. The molecule has 1 aromatic heterocycles. The Labute approximate surface area is 142 Å². The highest BCUT2D eigenvalue weighted by Crippen LogP contribution is 2.27. The third-order valence-electron chi connectivity index (χ3n) is 3.26. The molecule has 0 radical (unpaired) electrons. The zero-order chi connectivity index (χ0) is 16.9. The van der Waals surface area contributed by atoms with E-state index in [9.17, 15) is 10.1 Å². The Kier molecular flexibility index (Phi) is 4.67. The third kappa shape index (κ3) is 3.67. The van der Waals surface area contributed by atoms with Gasteiger partial charge in [-0.1, -0.05) is 30.9 Å². The molecule has 1 heterocycles. The highest BCUT2D eigenvalue weighted by molar-refractivity contribution is 7.19. The lowest BCUT2D eigenvalue weighted by molar-refractivity contribution is -0.384. The number of nitro groups is 1. The van der Waals surface area contributed by atoms with Crippen LogP contribution < -0.4 is 4.74 Å². The van der Waals surface area contributed by atoms with Gasteiger partial charge < -0.3 is 4.74 Å². The molecular weight excluding hydrogens is 324 g/mol. The van der Waals surface area contributed by atoms with Gasteiger partial charge in [-0.05, 0) is 29.8 Å². The summed E-state index contributed by atoms with van der Waals surface area (Å²) in [6.07, 6.45) is 5.55. The molecule has 0 atom stereocenters. The molecule has 0 N–H and O–H groups in total. The zero-order valence-electron chi connectivity index (χ0n) is 12.7. The molecule has 5 nitrogen and oxygen atoms in total. The number of fused-ring (bicyclic) bond motifs is 1. The summed E-state index contributed by atoms with van der Waals surface area (Å²) in [6.45, 7) is 4.09. The average Bonchev–Trinajstić information content (AvgIpc) is 3.01. The van der Waals surface area contributed by atoms with Gasteiger partial charge in [-0.25, -0.2) is 4.98 Å². The van der Waals surface area contributed by atoms with Crippen molar-refractivity contribution >= 4 is 39.4 Å². The molecule has 24 heavy (non-hydrogen) atoms. The Morgan fingerprint density at radius 3 is 2.71 bits per heavy atom. The first-order valence-electron chi connectivity index (χ1n) is 7.22. The lowest BCUT2D eigenvalue weighted by atomic mass is 10.2. The number of benzene rings is 2. The SMILES string of the molecule is C=CCOc1ccc(/C=C/c2nc3cc([N+](=O)[O-])ccc3s2)cc1. The van der Waals surface area contributed by atoms with Crippen LogP contribution in [0.4, 0.5) is 5.69 Å². The van der Waals surface area contributed by atoms with E-state index in [1.165, 1.54) is 23.5 Å². The molecule has 3 rings (SSSR count). The Balaban J connectivity index is 1.77. The fourth-order valence-corrected chi connectivity index (χ4v) is 2.97. The predicted molar refractivity (Wildman–Crippen MR) is 97.3 cm³/mol. The molecule has 3 aromatic rings. The molecule has 0 unspecified atom stereocenters. The molecule has 0 saturated carbocycles. The van der Waals surface area contributed by atoms with Crippen LogP contribution in [-0.4, -0.2) is 16.5 Å². The van der Waals surface area contributed by atoms with E-state index in [1.54, 1.807) is 12.1 Å². The normalized spacial score (nSPS) is 11.0. The summed E-state index contributed by atoms with van der Waals surface area (Å²) in [5.74, 6) is 0.791. The van der Waals surface area contributed by atoms with E-state index in [4.69, 9.17) is 4.74 Å².